The summed E-state index contributed by atoms with van der Waals surface area (Å²) in [6.07, 6.45) is 4.32. The molecule has 19 heavy (non-hydrogen) atoms. The number of carbonyl (C=O) groups excluding carboxylic acids is 1. The average molecular weight is 323 g/mol. The molecule has 1 aliphatic heterocycles. The topological polar surface area (TPSA) is 32.3 Å². The molecule has 102 valence electrons. The maximum absolute atomic E-state index is 12.5. The molecule has 3 rings (SSSR count). The van der Waals surface area contributed by atoms with Crippen LogP contribution in [0, 0.1) is 0 Å². The van der Waals surface area contributed by atoms with Gasteiger partial charge in [0.15, 0.2) is 0 Å². The van der Waals surface area contributed by atoms with E-state index in [9.17, 15) is 4.79 Å². The monoisotopic (exact) mass is 322 g/mol. The van der Waals surface area contributed by atoms with Gasteiger partial charge >= 0.3 is 0 Å². The van der Waals surface area contributed by atoms with Gasteiger partial charge in [-0.15, -0.1) is 0 Å². The molecule has 0 aromatic heterocycles. The smallest absolute Gasteiger partial charge is 0.244 e. The second kappa shape index (κ2) is 5.25. The van der Waals surface area contributed by atoms with Crippen LogP contribution in [0.4, 0.5) is 5.69 Å². The predicted molar refractivity (Wildman–Crippen MR) is 80.4 cm³/mol. The van der Waals surface area contributed by atoms with Crippen molar-refractivity contribution < 1.29 is 4.79 Å². The Morgan fingerprint density at radius 1 is 1.37 bits per heavy atom. The Balaban J connectivity index is 1.80. The van der Waals surface area contributed by atoms with Crippen molar-refractivity contribution in [2.45, 2.75) is 44.7 Å². The Morgan fingerprint density at radius 2 is 2.16 bits per heavy atom. The summed E-state index contributed by atoms with van der Waals surface area (Å²) in [4.78, 5) is 14.4. The first kappa shape index (κ1) is 13.1. The number of halogens is 1. The molecule has 1 N–H and O–H groups in total. The number of nitrogens with zero attached hydrogens (tertiary/aromatic N) is 1. The molecule has 0 bridgehead atoms. The van der Waals surface area contributed by atoms with Crippen molar-refractivity contribution in [3.8, 4) is 0 Å². The number of benzene rings is 1. The lowest BCUT2D eigenvalue weighted by Gasteiger charge is -2.20. The van der Waals surface area contributed by atoms with E-state index in [0.717, 1.165) is 29.5 Å². The van der Waals surface area contributed by atoms with Crippen LogP contribution in [0.5, 0.6) is 0 Å². The van der Waals surface area contributed by atoms with E-state index in [1.807, 2.05) is 11.0 Å². The van der Waals surface area contributed by atoms with Gasteiger partial charge in [0.25, 0.3) is 0 Å². The first-order valence-electron chi connectivity index (χ1n) is 7.05. The molecule has 1 aromatic carbocycles. The minimum absolute atomic E-state index is 0.0286. The molecule has 2 fully saturated rings. The normalized spacial score (nSPS) is 23.2. The van der Waals surface area contributed by atoms with Gasteiger partial charge in [0.05, 0.1) is 6.04 Å². The second-order valence-corrected chi connectivity index (χ2v) is 6.31. The summed E-state index contributed by atoms with van der Waals surface area (Å²) in [6, 6.07) is 6.80. The number of nitrogens with one attached hydrogen (secondary N) is 1. The molecule has 1 heterocycles. The van der Waals surface area contributed by atoms with E-state index in [0.29, 0.717) is 6.04 Å². The number of rotatable bonds is 4. The largest absolute Gasteiger partial charge is 0.311 e. The maximum atomic E-state index is 12.5. The highest BCUT2D eigenvalue weighted by Gasteiger charge is 2.36. The number of carbonyl (C=O) groups is 1. The molecule has 1 aromatic rings. The molecule has 1 unspecified atom stereocenters. The fourth-order valence-electron chi connectivity index (χ4n) is 2.71. The van der Waals surface area contributed by atoms with Gasteiger partial charge in [-0.1, -0.05) is 22.9 Å². The Morgan fingerprint density at radius 3 is 2.84 bits per heavy atom. The van der Waals surface area contributed by atoms with Crippen LogP contribution in [0.15, 0.2) is 22.7 Å². The molecule has 0 spiro atoms. The second-order valence-electron chi connectivity index (χ2n) is 5.40. The third kappa shape index (κ3) is 2.70. The van der Waals surface area contributed by atoms with Crippen molar-refractivity contribution in [2.24, 2.45) is 0 Å². The van der Waals surface area contributed by atoms with Gasteiger partial charge in [0.2, 0.25) is 5.91 Å². The van der Waals surface area contributed by atoms with Crippen LogP contribution in [-0.4, -0.2) is 24.5 Å². The van der Waals surface area contributed by atoms with Gasteiger partial charge in [-0.2, -0.15) is 0 Å². The van der Waals surface area contributed by atoms with Crippen LogP contribution in [0.25, 0.3) is 0 Å². The molecular formula is C15H19BrN2O. The highest BCUT2D eigenvalue weighted by atomic mass is 79.9. The number of hydrogen-bond donors (Lipinski definition) is 1. The van der Waals surface area contributed by atoms with Gasteiger partial charge in [-0.25, -0.2) is 0 Å². The van der Waals surface area contributed by atoms with Crippen molar-refractivity contribution in [1.29, 1.82) is 0 Å². The van der Waals surface area contributed by atoms with Crippen LogP contribution < -0.4 is 10.2 Å². The van der Waals surface area contributed by atoms with Crippen LogP contribution >= 0.6 is 15.9 Å². The summed E-state index contributed by atoms with van der Waals surface area (Å²) in [5, 5.41) is 3.45. The zero-order valence-electron chi connectivity index (χ0n) is 11.2. The Kier molecular flexibility index (Phi) is 3.63. The Bertz CT molecular complexity index is 499. The number of anilines is 1. The quantitative estimate of drug-likeness (QED) is 0.924. The van der Waals surface area contributed by atoms with Crippen molar-refractivity contribution in [3.05, 3.63) is 28.2 Å². The van der Waals surface area contributed by atoms with Crippen LogP contribution in [-0.2, 0) is 11.2 Å². The molecule has 3 nitrogen and oxygen atoms in total. The summed E-state index contributed by atoms with van der Waals surface area (Å²) < 4.78 is 1.08. The van der Waals surface area contributed by atoms with Crippen molar-refractivity contribution in [2.75, 3.05) is 11.4 Å². The fraction of sp³-hybridized carbons (Fsp3) is 0.533. The zero-order chi connectivity index (χ0) is 13.4. The van der Waals surface area contributed by atoms with E-state index in [1.165, 1.54) is 18.4 Å². The van der Waals surface area contributed by atoms with Crippen LogP contribution in [0.3, 0.4) is 0 Å². The highest BCUT2D eigenvalue weighted by molar-refractivity contribution is 9.10. The molecule has 1 saturated carbocycles. The summed E-state index contributed by atoms with van der Waals surface area (Å²) in [5.74, 6) is 0.240. The maximum Gasteiger partial charge on any atom is 0.244 e. The van der Waals surface area contributed by atoms with Gasteiger partial charge in [0, 0.05) is 22.7 Å². The van der Waals surface area contributed by atoms with E-state index < -0.39 is 0 Å². The fourth-order valence-corrected chi connectivity index (χ4v) is 3.12. The first-order valence-corrected chi connectivity index (χ1v) is 7.84. The van der Waals surface area contributed by atoms with E-state index >= 15 is 0 Å². The standard InChI is InChI=1S/C15H19BrN2O/c1-2-10-9-11(16)3-6-14(10)18-8-7-13(15(18)19)17-12-4-5-12/h3,6,9,12-13,17H,2,4-5,7-8H2,1H3. The van der Waals surface area contributed by atoms with Crippen molar-refractivity contribution in [3.63, 3.8) is 0 Å². The van der Waals surface area contributed by atoms with Gasteiger partial charge in [-0.05, 0) is 49.4 Å². The minimum atomic E-state index is 0.0286. The summed E-state index contributed by atoms with van der Waals surface area (Å²) >= 11 is 3.50. The lowest BCUT2D eigenvalue weighted by Crippen LogP contribution is -2.39. The lowest BCUT2D eigenvalue weighted by molar-refractivity contribution is -0.118. The van der Waals surface area contributed by atoms with E-state index in [1.54, 1.807) is 0 Å². The van der Waals surface area contributed by atoms with Crippen LogP contribution in [0.1, 0.15) is 31.7 Å². The van der Waals surface area contributed by atoms with Gasteiger partial charge in [0.1, 0.15) is 0 Å². The predicted octanol–water partition coefficient (Wildman–Crippen LogP) is 2.87. The third-order valence-electron chi connectivity index (χ3n) is 3.93. The zero-order valence-corrected chi connectivity index (χ0v) is 12.7. The Labute approximate surface area is 122 Å². The number of aryl methyl sites for hydroxylation is 1. The van der Waals surface area contributed by atoms with Gasteiger partial charge < -0.3 is 10.2 Å². The number of hydrogen-bond acceptors (Lipinski definition) is 2. The molecule has 1 amide bonds. The molecule has 2 aliphatic rings. The first-order chi connectivity index (χ1) is 9.19. The van der Waals surface area contributed by atoms with Crippen molar-refractivity contribution in [1.82, 2.24) is 5.32 Å². The van der Waals surface area contributed by atoms with E-state index in [2.05, 4.69) is 40.3 Å². The van der Waals surface area contributed by atoms with Crippen LogP contribution in [0.2, 0.25) is 0 Å². The molecule has 0 radical (unpaired) electrons. The molecule has 1 aliphatic carbocycles. The SMILES string of the molecule is CCc1cc(Br)ccc1N1CCC(NC2CC2)C1=O. The molecule has 4 heteroatoms. The summed E-state index contributed by atoms with van der Waals surface area (Å²) in [7, 11) is 0. The van der Waals surface area contributed by atoms with E-state index in [-0.39, 0.29) is 11.9 Å². The Hall–Kier alpha value is -0.870. The lowest BCUT2D eigenvalue weighted by atomic mass is 10.1. The average Bonchev–Trinajstić information content (AvgIpc) is 3.15. The third-order valence-corrected chi connectivity index (χ3v) is 4.43. The number of amides is 1. The highest BCUT2D eigenvalue weighted by Crippen LogP contribution is 2.30. The molecule has 1 atom stereocenters. The van der Waals surface area contributed by atoms with Crippen molar-refractivity contribution >= 4 is 27.5 Å². The summed E-state index contributed by atoms with van der Waals surface area (Å²) in [6.45, 7) is 2.96. The minimum Gasteiger partial charge on any atom is -0.311 e. The molecular weight excluding hydrogens is 304 g/mol. The summed E-state index contributed by atoms with van der Waals surface area (Å²) in [5.41, 5.74) is 2.31. The van der Waals surface area contributed by atoms with E-state index in [4.69, 9.17) is 0 Å². The van der Waals surface area contributed by atoms with Gasteiger partial charge in [-0.3, -0.25) is 4.79 Å². The molecule has 1 saturated heterocycles.